The van der Waals surface area contributed by atoms with Gasteiger partial charge in [-0.05, 0) is 23.6 Å². The van der Waals surface area contributed by atoms with Gasteiger partial charge in [0, 0.05) is 6.92 Å². The summed E-state index contributed by atoms with van der Waals surface area (Å²) in [6.07, 6.45) is 0. The predicted octanol–water partition coefficient (Wildman–Crippen LogP) is 3.01. The van der Waals surface area contributed by atoms with Gasteiger partial charge in [0.05, 0.1) is 5.02 Å². The molecule has 7 heteroatoms. The van der Waals surface area contributed by atoms with Crippen LogP contribution in [-0.2, 0) is 4.79 Å². The van der Waals surface area contributed by atoms with Crippen LogP contribution < -0.4 is 10.6 Å². The Bertz CT molecular complexity index is 627. The summed E-state index contributed by atoms with van der Waals surface area (Å²) in [7, 11) is 0. The van der Waals surface area contributed by atoms with E-state index in [2.05, 4.69) is 15.6 Å². The smallest absolute Gasteiger partial charge is 0.268 e. The van der Waals surface area contributed by atoms with Crippen molar-refractivity contribution in [3.8, 4) is 0 Å². The van der Waals surface area contributed by atoms with Gasteiger partial charge in [-0.3, -0.25) is 9.59 Å². The molecule has 5 nitrogen and oxygen atoms in total. The zero-order valence-electron chi connectivity index (χ0n) is 9.94. The van der Waals surface area contributed by atoms with E-state index in [4.69, 9.17) is 11.6 Å². The molecule has 0 spiro atoms. The minimum absolute atomic E-state index is 0.225. The standard InChI is InChI=1S/C12H10ClN3O2S/c1-7(17)14-9-3-2-4-10(15-9)16-12(18)11-8(13)5-6-19-11/h2-6H,1H3,(H2,14,15,16,17,18). The van der Waals surface area contributed by atoms with Crippen molar-refractivity contribution in [2.75, 3.05) is 10.6 Å². The fourth-order valence-corrected chi connectivity index (χ4v) is 2.42. The SMILES string of the molecule is CC(=O)Nc1cccc(NC(=O)c2sccc2Cl)n1. The summed E-state index contributed by atoms with van der Waals surface area (Å²) in [5.74, 6) is 0.174. The van der Waals surface area contributed by atoms with E-state index in [9.17, 15) is 9.59 Å². The van der Waals surface area contributed by atoms with Crippen molar-refractivity contribution in [3.05, 3.63) is 39.5 Å². The molecule has 0 unspecified atom stereocenters. The molecule has 98 valence electrons. The van der Waals surface area contributed by atoms with Crippen LogP contribution in [0.25, 0.3) is 0 Å². The first-order valence-electron chi connectivity index (χ1n) is 5.35. The highest BCUT2D eigenvalue weighted by molar-refractivity contribution is 7.12. The van der Waals surface area contributed by atoms with Crippen LogP contribution in [-0.4, -0.2) is 16.8 Å². The van der Waals surface area contributed by atoms with Crippen LogP contribution >= 0.6 is 22.9 Å². The Labute approximate surface area is 118 Å². The number of thiophene rings is 1. The number of anilines is 2. The van der Waals surface area contributed by atoms with Gasteiger partial charge >= 0.3 is 0 Å². The summed E-state index contributed by atoms with van der Waals surface area (Å²) in [6.45, 7) is 1.39. The van der Waals surface area contributed by atoms with Crippen molar-refractivity contribution in [2.24, 2.45) is 0 Å². The van der Waals surface area contributed by atoms with Gasteiger partial charge < -0.3 is 10.6 Å². The Morgan fingerprint density at radius 3 is 2.47 bits per heavy atom. The molecule has 2 N–H and O–H groups in total. The summed E-state index contributed by atoms with van der Waals surface area (Å²) in [4.78, 5) is 27.4. The minimum atomic E-state index is -0.326. The number of hydrogen-bond donors (Lipinski definition) is 2. The van der Waals surface area contributed by atoms with Crippen LogP contribution in [0.2, 0.25) is 5.02 Å². The Morgan fingerprint density at radius 2 is 1.89 bits per heavy atom. The Hall–Kier alpha value is -1.92. The molecule has 0 aliphatic heterocycles. The molecule has 2 aromatic heterocycles. The van der Waals surface area contributed by atoms with Crippen molar-refractivity contribution in [3.63, 3.8) is 0 Å². The number of pyridine rings is 1. The monoisotopic (exact) mass is 295 g/mol. The third-order valence-corrected chi connectivity index (χ3v) is 3.46. The molecule has 0 aliphatic carbocycles. The maximum absolute atomic E-state index is 11.9. The molecule has 0 saturated heterocycles. The summed E-state index contributed by atoms with van der Waals surface area (Å²) >= 11 is 7.12. The molecule has 0 aliphatic rings. The molecule has 2 amide bonds. The van der Waals surface area contributed by atoms with Gasteiger partial charge in [0.25, 0.3) is 5.91 Å². The fourth-order valence-electron chi connectivity index (χ4n) is 1.38. The minimum Gasteiger partial charge on any atom is -0.311 e. The number of nitrogens with zero attached hydrogens (tertiary/aromatic N) is 1. The highest BCUT2D eigenvalue weighted by Gasteiger charge is 2.12. The summed E-state index contributed by atoms with van der Waals surface area (Å²) < 4.78 is 0. The molecular formula is C12H10ClN3O2S. The van der Waals surface area contributed by atoms with Crippen molar-refractivity contribution >= 4 is 46.4 Å². The van der Waals surface area contributed by atoms with Gasteiger partial charge in [0.1, 0.15) is 16.5 Å². The molecule has 0 bridgehead atoms. The van der Waals surface area contributed by atoms with Crippen LogP contribution in [0.4, 0.5) is 11.6 Å². The number of halogens is 1. The molecule has 0 fully saturated rings. The number of nitrogens with one attached hydrogen (secondary N) is 2. The normalized spacial score (nSPS) is 10.0. The van der Waals surface area contributed by atoms with E-state index in [0.29, 0.717) is 21.5 Å². The maximum atomic E-state index is 11.9. The number of amides is 2. The second kappa shape index (κ2) is 5.81. The maximum Gasteiger partial charge on any atom is 0.268 e. The lowest BCUT2D eigenvalue weighted by Crippen LogP contribution is -2.13. The topological polar surface area (TPSA) is 71.1 Å². The Morgan fingerprint density at radius 1 is 1.21 bits per heavy atom. The van der Waals surface area contributed by atoms with E-state index in [1.807, 2.05) is 0 Å². The van der Waals surface area contributed by atoms with Gasteiger partial charge in [0.2, 0.25) is 5.91 Å². The van der Waals surface area contributed by atoms with Crippen LogP contribution in [0, 0.1) is 0 Å². The van der Waals surface area contributed by atoms with E-state index in [-0.39, 0.29) is 11.8 Å². The third kappa shape index (κ3) is 3.52. The zero-order valence-corrected chi connectivity index (χ0v) is 11.5. The number of aromatic nitrogens is 1. The first kappa shape index (κ1) is 13.5. The molecule has 0 atom stereocenters. The Kier molecular flexibility index (Phi) is 4.13. The molecule has 2 heterocycles. The average Bonchev–Trinajstić information content (AvgIpc) is 2.75. The molecule has 0 aromatic carbocycles. The van der Waals surface area contributed by atoms with Gasteiger partial charge in [-0.2, -0.15) is 0 Å². The van der Waals surface area contributed by atoms with Gasteiger partial charge in [-0.15, -0.1) is 11.3 Å². The largest absolute Gasteiger partial charge is 0.311 e. The molecular weight excluding hydrogens is 286 g/mol. The van der Waals surface area contributed by atoms with Crippen LogP contribution in [0.1, 0.15) is 16.6 Å². The number of carbonyl (C=O) groups excluding carboxylic acids is 2. The molecule has 2 aromatic rings. The average molecular weight is 296 g/mol. The quantitative estimate of drug-likeness (QED) is 0.914. The van der Waals surface area contributed by atoms with Crippen molar-refractivity contribution in [2.45, 2.75) is 6.92 Å². The van der Waals surface area contributed by atoms with E-state index in [1.54, 1.807) is 29.6 Å². The van der Waals surface area contributed by atoms with Gasteiger partial charge in [0.15, 0.2) is 0 Å². The van der Waals surface area contributed by atoms with Gasteiger partial charge in [-0.1, -0.05) is 17.7 Å². The molecule has 0 radical (unpaired) electrons. The molecule has 2 rings (SSSR count). The first-order valence-corrected chi connectivity index (χ1v) is 6.61. The number of carbonyl (C=O) groups is 2. The lowest BCUT2D eigenvalue weighted by Gasteiger charge is -2.06. The summed E-state index contributed by atoms with van der Waals surface area (Å²) in [5, 5.41) is 7.30. The lowest BCUT2D eigenvalue weighted by molar-refractivity contribution is -0.114. The van der Waals surface area contributed by atoms with Crippen LogP contribution in [0.15, 0.2) is 29.6 Å². The van der Waals surface area contributed by atoms with E-state index < -0.39 is 0 Å². The highest BCUT2D eigenvalue weighted by atomic mass is 35.5. The fraction of sp³-hybridized carbons (Fsp3) is 0.0833. The lowest BCUT2D eigenvalue weighted by atomic mass is 10.4. The van der Waals surface area contributed by atoms with Crippen molar-refractivity contribution in [1.29, 1.82) is 0 Å². The van der Waals surface area contributed by atoms with Crippen molar-refractivity contribution in [1.82, 2.24) is 4.98 Å². The first-order chi connectivity index (χ1) is 9.06. The number of rotatable bonds is 3. The number of hydrogen-bond acceptors (Lipinski definition) is 4. The third-order valence-electron chi connectivity index (χ3n) is 2.12. The van der Waals surface area contributed by atoms with E-state index >= 15 is 0 Å². The Balaban J connectivity index is 2.13. The van der Waals surface area contributed by atoms with Crippen molar-refractivity contribution < 1.29 is 9.59 Å². The predicted molar refractivity (Wildman–Crippen MR) is 75.8 cm³/mol. The van der Waals surface area contributed by atoms with Crippen LogP contribution in [0.3, 0.4) is 0 Å². The van der Waals surface area contributed by atoms with Gasteiger partial charge in [-0.25, -0.2) is 4.98 Å². The van der Waals surface area contributed by atoms with E-state index in [0.717, 1.165) is 0 Å². The molecule has 19 heavy (non-hydrogen) atoms. The second-order valence-corrected chi connectivity index (χ2v) is 4.96. The summed E-state index contributed by atoms with van der Waals surface area (Å²) in [5.41, 5.74) is 0. The second-order valence-electron chi connectivity index (χ2n) is 3.64. The molecule has 0 saturated carbocycles. The zero-order chi connectivity index (χ0) is 13.8. The van der Waals surface area contributed by atoms with Crippen LogP contribution in [0.5, 0.6) is 0 Å². The summed E-state index contributed by atoms with van der Waals surface area (Å²) in [6, 6.07) is 6.60. The van der Waals surface area contributed by atoms with E-state index in [1.165, 1.54) is 18.3 Å². The highest BCUT2D eigenvalue weighted by Crippen LogP contribution is 2.23.